The monoisotopic (exact) mass is 564 g/mol. The topological polar surface area (TPSA) is 74.8 Å². The zero-order chi connectivity index (χ0) is 22.7. The molecule has 0 saturated heterocycles. The van der Waals surface area contributed by atoms with Crippen LogP contribution >= 0.6 is 24.0 Å². The van der Waals surface area contributed by atoms with Gasteiger partial charge in [0.15, 0.2) is 12.6 Å². The van der Waals surface area contributed by atoms with Gasteiger partial charge in [0, 0.05) is 25.7 Å². The first kappa shape index (κ1) is 27.5. The first-order chi connectivity index (χ1) is 14.8. The number of hydrogen-bond donors (Lipinski definition) is 3. The van der Waals surface area contributed by atoms with E-state index in [0.29, 0.717) is 37.6 Å². The van der Waals surface area contributed by atoms with E-state index in [2.05, 4.69) is 20.9 Å². The Balaban J connectivity index is 0.00000512. The lowest BCUT2D eigenvalue weighted by molar-refractivity contribution is -0.153. The molecule has 2 rings (SSSR count). The van der Waals surface area contributed by atoms with Crippen LogP contribution in [0.2, 0.25) is 0 Å². The summed E-state index contributed by atoms with van der Waals surface area (Å²) in [5.41, 5.74) is 2.48. The molecule has 0 aliphatic carbocycles. The van der Waals surface area contributed by atoms with Gasteiger partial charge >= 0.3 is 6.18 Å². The third kappa shape index (κ3) is 10.2. The predicted molar refractivity (Wildman–Crippen MR) is 130 cm³/mol. The van der Waals surface area contributed by atoms with E-state index >= 15 is 0 Å². The molecule has 0 atom stereocenters. The molecule has 32 heavy (non-hydrogen) atoms. The Morgan fingerprint density at radius 3 is 2.41 bits per heavy atom. The van der Waals surface area contributed by atoms with Gasteiger partial charge in [0.25, 0.3) is 5.91 Å². The number of nitrogens with one attached hydrogen (secondary N) is 3. The maximum Gasteiger partial charge on any atom is 0.422 e. The number of guanidine groups is 1. The third-order valence-corrected chi connectivity index (χ3v) is 4.21. The molecule has 3 N–H and O–H groups in total. The van der Waals surface area contributed by atoms with E-state index in [1.54, 1.807) is 25.2 Å². The van der Waals surface area contributed by atoms with E-state index in [0.717, 1.165) is 11.1 Å². The number of hydrogen-bond acceptors (Lipinski definition) is 3. The Hall–Kier alpha value is -2.50. The number of benzene rings is 2. The van der Waals surface area contributed by atoms with Crippen LogP contribution in [0.4, 0.5) is 13.2 Å². The quantitative estimate of drug-likeness (QED) is 0.246. The summed E-state index contributed by atoms with van der Waals surface area (Å²) in [5, 5.41) is 9.00. The molecule has 0 heterocycles. The van der Waals surface area contributed by atoms with Crippen LogP contribution in [0.5, 0.6) is 5.75 Å². The van der Waals surface area contributed by atoms with Gasteiger partial charge in [-0.2, -0.15) is 13.2 Å². The van der Waals surface area contributed by atoms with Crippen LogP contribution in [-0.2, 0) is 13.0 Å². The lowest BCUT2D eigenvalue weighted by Crippen LogP contribution is -2.38. The van der Waals surface area contributed by atoms with E-state index in [1.807, 2.05) is 25.1 Å². The number of carbonyl (C=O) groups is 1. The Kier molecular flexibility index (Phi) is 11.9. The van der Waals surface area contributed by atoms with Crippen molar-refractivity contribution >= 4 is 35.8 Å². The molecule has 0 fully saturated rings. The Morgan fingerprint density at radius 1 is 1.06 bits per heavy atom. The molecular weight excluding hydrogens is 536 g/mol. The molecule has 0 saturated carbocycles. The second-order valence-electron chi connectivity index (χ2n) is 6.70. The second-order valence-corrected chi connectivity index (χ2v) is 6.70. The van der Waals surface area contributed by atoms with E-state index in [-0.39, 0.29) is 35.6 Å². The summed E-state index contributed by atoms with van der Waals surface area (Å²) in [4.78, 5) is 16.2. The number of rotatable bonds is 9. The maximum atomic E-state index is 12.2. The number of aliphatic imine (C=N–C) groups is 1. The SMILES string of the molecule is CCNC(=NCc1ccc(OCC(F)(F)F)cc1)NCCc1cccc(C(=O)NC)c1.I. The van der Waals surface area contributed by atoms with Crippen molar-refractivity contribution in [3.63, 3.8) is 0 Å². The highest BCUT2D eigenvalue weighted by Gasteiger charge is 2.28. The average molecular weight is 564 g/mol. The van der Waals surface area contributed by atoms with E-state index in [4.69, 9.17) is 4.74 Å². The van der Waals surface area contributed by atoms with Gasteiger partial charge in [-0.3, -0.25) is 4.79 Å². The Labute approximate surface area is 203 Å². The lowest BCUT2D eigenvalue weighted by Gasteiger charge is -2.12. The normalized spacial score (nSPS) is 11.3. The van der Waals surface area contributed by atoms with Crippen molar-refractivity contribution in [1.82, 2.24) is 16.0 Å². The highest BCUT2D eigenvalue weighted by Crippen LogP contribution is 2.19. The summed E-state index contributed by atoms with van der Waals surface area (Å²) in [6.07, 6.45) is -3.65. The fraction of sp³-hybridized carbons (Fsp3) is 0.364. The van der Waals surface area contributed by atoms with E-state index < -0.39 is 12.8 Å². The van der Waals surface area contributed by atoms with Crippen LogP contribution in [0.15, 0.2) is 53.5 Å². The van der Waals surface area contributed by atoms with Crippen LogP contribution in [0.1, 0.15) is 28.4 Å². The molecule has 0 aliphatic rings. The molecule has 0 bridgehead atoms. The second kappa shape index (κ2) is 13.8. The van der Waals surface area contributed by atoms with Crippen molar-refractivity contribution in [2.75, 3.05) is 26.7 Å². The van der Waals surface area contributed by atoms with Crippen LogP contribution in [0.25, 0.3) is 0 Å². The molecule has 0 spiro atoms. The molecular formula is C22H28F3IN4O2. The van der Waals surface area contributed by atoms with Gasteiger partial charge < -0.3 is 20.7 Å². The molecule has 0 radical (unpaired) electrons. The fourth-order valence-corrected chi connectivity index (χ4v) is 2.71. The number of halogens is 4. The molecule has 10 heteroatoms. The smallest absolute Gasteiger partial charge is 0.422 e. The van der Waals surface area contributed by atoms with Crippen molar-refractivity contribution < 1.29 is 22.7 Å². The minimum absolute atomic E-state index is 0. The molecule has 0 aromatic heterocycles. The van der Waals surface area contributed by atoms with Gasteiger partial charge in [0.05, 0.1) is 6.54 Å². The average Bonchev–Trinajstić information content (AvgIpc) is 2.76. The van der Waals surface area contributed by atoms with Gasteiger partial charge in [0.2, 0.25) is 0 Å². The van der Waals surface area contributed by atoms with Gasteiger partial charge in [-0.15, -0.1) is 24.0 Å². The summed E-state index contributed by atoms with van der Waals surface area (Å²) >= 11 is 0. The summed E-state index contributed by atoms with van der Waals surface area (Å²) in [6.45, 7) is 2.30. The largest absolute Gasteiger partial charge is 0.484 e. The molecule has 1 amide bonds. The van der Waals surface area contributed by atoms with Crippen LogP contribution < -0.4 is 20.7 Å². The molecule has 0 unspecified atom stereocenters. The van der Waals surface area contributed by atoms with E-state index in [1.165, 1.54) is 12.1 Å². The summed E-state index contributed by atoms with van der Waals surface area (Å²) in [7, 11) is 1.60. The van der Waals surface area contributed by atoms with Gasteiger partial charge in [-0.05, 0) is 48.7 Å². The number of carbonyl (C=O) groups excluding carboxylic acids is 1. The lowest BCUT2D eigenvalue weighted by atomic mass is 10.1. The third-order valence-electron chi connectivity index (χ3n) is 4.21. The van der Waals surface area contributed by atoms with Gasteiger partial charge in [-0.1, -0.05) is 24.3 Å². The Morgan fingerprint density at radius 2 is 1.78 bits per heavy atom. The number of alkyl halides is 3. The predicted octanol–water partition coefficient (Wildman–Crippen LogP) is 3.90. The highest BCUT2D eigenvalue weighted by molar-refractivity contribution is 14.0. The summed E-state index contributed by atoms with van der Waals surface area (Å²) < 4.78 is 41.3. The zero-order valence-electron chi connectivity index (χ0n) is 18.0. The van der Waals surface area contributed by atoms with Crippen LogP contribution in [-0.4, -0.2) is 44.8 Å². The van der Waals surface area contributed by atoms with Crippen molar-refractivity contribution in [3.8, 4) is 5.75 Å². The first-order valence-electron chi connectivity index (χ1n) is 9.92. The van der Waals surface area contributed by atoms with Crippen molar-refractivity contribution in [1.29, 1.82) is 0 Å². The van der Waals surface area contributed by atoms with Crippen LogP contribution in [0.3, 0.4) is 0 Å². The van der Waals surface area contributed by atoms with Crippen molar-refractivity contribution in [2.24, 2.45) is 4.99 Å². The Bertz CT molecular complexity index is 874. The molecule has 6 nitrogen and oxygen atoms in total. The number of amides is 1. The van der Waals surface area contributed by atoms with Crippen molar-refractivity contribution in [2.45, 2.75) is 26.1 Å². The first-order valence-corrected chi connectivity index (χ1v) is 9.92. The molecule has 2 aromatic carbocycles. The van der Waals surface area contributed by atoms with Crippen LogP contribution in [0, 0.1) is 0 Å². The van der Waals surface area contributed by atoms with Crippen molar-refractivity contribution in [3.05, 3.63) is 65.2 Å². The van der Waals surface area contributed by atoms with Gasteiger partial charge in [0.1, 0.15) is 5.75 Å². The highest BCUT2D eigenvalue weighted by atomic mass is 127. The maximum absolute atomic E-state index is 12.2. The molecule has 176 valence electrons. The summed E-state index contributed by atoms with van der Waals surface area (Å²) in [5.74, 6) is 0.663. The minimum atomic E-state index is -4.36. The van der Waals surface area contributed by atoms with E-state index in [9.17, 15) is 18.0 Å². The fourth-order valence-electron chi connectivity index (χ4n) is 2.71. The molecule has 2 aromatic rings. The summed E-state index contributed by atoms with van der Waals surface area (Å²) in [6, 6.07) is 13.8. The molecule has 0 aliphatic heterocycles. The zero-order valence-corrected chi connectivity index (χ0v) is 20.3. The minimum Gasteiger partial charge on any atom is -0.484 e. The standard InChI is InChI=1S/C22H27F3N4O2.HI/c1-3-27-21(28-12-11-16-5-4-6-18(13-16)20(30)26-2)29-14-17-7-9-19(10-8-17)31-15-22(23,24)25;/h4-10,13H,3,11-12,14-15H2,1-2H3,(H,26,30)(H2,27,28,29);1H. The number of ether oxygens (including phenoxy) is 1. The van der Waals surface area contributed by atoms with Gasteiger partial charge in [-0.25, -0.2) is 4.99 Å². The number of nitrogens with zero attached hydrogens (tertiary/aromatic N) is 1.